The lowest BCUT2D eigenvalue weighted by Crippen LogP contribution is -2.42. The zero-order chi connectivity index (χ0) is 20.5. The molecule has 3 heterocycles. The Labute approximate surface area is 175 Å². The Hall–Kier alpha value is -2.82. The third kappa shape index (κ3) is 4.35. The summed E-state index contributed by atoms with van der Waals surface area (Å²) in [5.41, 5.74) is -0.210. The maximum absolute atomic E-state index is 13.9. The van der Waals surface area contributed by atoms with Gasteiger partial charge in [-0.05, 0) is 24.6 Å². The summed E-state index contributed by atoms with van der Waals surface area (Å²) in [5, 5.41) is 13.5. The molecule has 1 aromatic carbocycles. The fraction of sp³-hybridized carbons (Fsp3) is 0.316. The average molecular weight is 441 g/mol. The molecular weight excluding hydrogens is 422 g/mol. The maximum Gasteiger partial charge on any atom is 0.294 e. The van der Waals surface area contributed by atoms with Crippen molar-refractivity contribution in [2.75, 3.05) is 18.5 Å². The highest BCUT2D eigenvalue weighted by atomic mass is 35.5. The predicted octanol–water partition coefficient (Wildman–Crippen LogP) is 2.38. The normalized spacial score (nSPS) is 18.7. The van der Waals surface area contributed by atoms with E-state index >= 15 is 0 Å². The highest BCUT2D eigenvalue weighted by molar-refractivity contribution is 5.85. The first-order valence-electron chi connectivity index (χ1n) is 8.94. The molecule has 2 aromatic heterocycles. The minimum Gasteiger partial charge on any atom is -0.448 e. The molecule has 1 aliphatic heterocycles. The van der Waals surface area contributed by atoms with E-state index in [1.807, 2.05) is 0 Å². The number of aliphatic hydroxyl groups is 1. The van der Waals surface area contributed by atoms with Crippen molar-refractivity contribution in [1.29, 1.82) is 0 Å². The van der Waals surface area contributed by atoms with Gasteiger partial charge in [-0.2, -0.15) is 4.98 Å². The second-order valence-corrected chi connectivity index (χ2v) is 6.70. The number of ether oxygens (including phenoxy) is 2. The predicted molar refractivity (Wildman–Crippen MR) is 107 cm³/mol. The number of hydrogen-bond acceptors (Lipinski definition) is 7. The van der Waals surface area contributed by atoms with Crippen LogP contribution in [0, 0.1) is 11.6 Å². The fourth-order valence-electron chi connectivity index (χ4n) is 3.09. The number of halogens is 3. The van der Waals surface area contributed by atoms with Gasteiger partial charge in [0, 0.05) is 31.3 Å². The molecule has 0 spiro atoms. The molecule has 0 unspecified atom stereocenters. The molecule has 8 nitrogen and oxygen atoms in total. The van der Waals surface area contributed by atoms with Gasteiger partial charge in [0.05, 0.1) is 18.8 Å². The lowest BCUT2D eigenvalue weighted by Gasteiger charge is -2.28. The van der Waals surface area contributed by atoms with Gasteiger partial charge in [-0.15, -0.1) is 12.4 Å². The van der Waals surface area contributed by atoms with Crippen LogP contribution in [0.3, 0.4) is 0 Å². The molecule has 11 heteroatoms. The number of nitrogens with zero attached hydrogens (tertiary/aromatic N) is 3. The van der Waals surface area contributed by atoms with Crippen LogP contribution in [0.1, 0.15) is 6.42 Å². The minimum atomic E-state index is -0.919. The fourth-order valence-corrected chi connectivity index (χ4v) is 3.09. The number of aryl methyl sites for hydroxylation is 1. The number of pyridine rings is 1. The second-order valence-electron chi connectivity index (χ2n) is 6.70. The first-order valence-corrected chi connectivity index (χ1v) is 8.94. The first kappa shape index (κ1) is 21.9. The van der Waals surface area contributed by atoms with E-state index in [9.17, 15) is 18.7 Å². The Morgan fingerprint density at radius 2 is 2.10 bits per heavy atom. The monoisotopic (exact) mass is 440 g/mol. The highest BCUT2D eigenvalue weighted by Crippen LogP contribution is 2.25. The van der Waals surface area contributed by atoms with Gasteiger partial charge in [-0.3, -0.25) is 9.36 Å². The lowest BCUT2D eigenvalue weighted by atomic mass is 10.1. The third-order valence-corrected chi connectivity index (χ3v) is 4.67. The van der Waals surface area contributed by atoms with E-state index in [-0.39, 0.29) is 42.5 Å². The van der Waals surface area contributed by atoms with E-state index in [2.05, 4.69) is 15.3 Å². The summed E-state index contributed by atoms with van der Waals surface area (Å²) < 4.78 is 38.7. The molecule has 2 N–H and O–H groups in total. The van der Waals surface area contributed by atoms with Gasteiger partial charge in [0.2, 0.25) is 5.95 Å². The number of aliphatic hydroxyl groups excluding tert-OH is 1. The van der Waals surface area contributed by atoms with E-state index in [1.54, 1.807) is 0 Å². The van der Waals surface area contributed by atoms with Crippen molar-refractivity contribution in [3.63, 3.8) is 0 Å². The Morgan fingerprint density at radius 3 is 2.83 bits per heavy atom. The van der Waals surface area contributed by atoms with Crippen molar-refractivity contribution in [1.82, 2.24) is 14.5 Å². The summed E-state index contributed by atoms with van der Waals surface area (Å²) in [4.78, 5) is 21.2. The number of hydrogen-bond donors (Lipinski definition) is 2. The molecule has 0 amide bonds. The standard InChI is InChI=1S/C19H18F2N4O4.ClH/c1-25-17-10(8-22-19(24-17)23-13-4-5-28-9-14(13)26)6-16(18(25)27)29-15-3-2-11(20)7-12(15)21;/h2-3,6-8,13-14,26H,4-5,9H2,1H3,(H,22,23,24);1H/t13-,14-;/m1./s1. The number of fused-ring (bicyclic) bond motifs is 1. The molecule has 1 aliphatic rings. The Balaban J connectivity index is 0.00000256. The molecule has 0 aliphatic carbocycles. The zero-order valence-corrected chi connectivity index (χ0v) is 16.7. The third-order valence-electron chi connectivity index (χ3n) is 4.67. The van der Waals surface area contributed by atoms with Gasteiger partial charge in [-0.1, -0.05) is 0 Å². The molecule has 160 valence electrons. The van der Waals surface area contributed by atoms with Crippen molar-refractivity contribution >= 4 is 29.4 Å². The van der Waals surface area contributed by atoms with Crippen LogP contribution in [-0.4, -0.2) is 45.0 Å². The average Bonchev–Trinajstić information content (AvgIpc) is 2.70. The van der Waals surface area contributed by atoms with E-state index < -0.39 is 23.3 Å². The molecule has 1 fully saturated rings. The van der Waals surface area contributed by atoms with Crippen molar-refractivity contribution in [2.24, 2.45) is 7.05 Å². The summed E-state index contributed by atoms with van der Waals surface area (Å²) in [7, 11) is 1.50. The Kier molecular flexibility index (Phi) is 6.49. The van der Waals surface area contributed by atoms with Crippen molar-refractivity contribution < 1.29 is 23.4 Å². The molecule has 0 bridgehead atoms. The van der Waals surface area contributed by atoms with Gasteiger partial charge in [-0.25, -0.2) is 13.8 Å². The topological polar surface area (TPSA) is 98.5 Å². The van der Waals surface area contributed by atoms with Crippen molar-refractivity contribution in [2.45, 2.75) is 18.6 Å². The van der Waals surface area contributed by atoms with E-state index in [0.29, 0.717) is 30.1 Å². The van der Waals surface area contributed by atoms with Crippen LogP contribution in [0.4, 0.5) is 14.7 Å². The van der Waals surface area contributed by atoms with E-state index in [0.717, 1.165) is 12.1 Å². The smallest absolute Gasteiger partial charge is 0.294 e. The number of anilines is 1. The van der Waals surface area contributed by atoms with Crippen LogP contribution in [0.5, 0.6) is 11.5 Å². The van der Waals surface area contributed by atoms with Crippen LogP contribution in [0.15, 0.2) is 35.3 Å². The molecule has 3 aromatic rings. The SMILES string of the molecule is Cl.Cn1c(=O)c(Oc2ccc(F)cc2F)cc2cnc(N[C@@H]3CCOC[C@H]3O)nc21. The largest absolute Gasteiger partial charge is 0.448 e. The summed E-state index contributed by atoms with van der Waals surface area (Å²) in [6.45, 7) is 0.742. The van der Waals surface area contributed by atoms with Crippen LogP contribution >= 0.6 is 12.4 Å². The van der Waals surface area contributed by atoms with Crippen LogP contribution in [0.2, 0.25) is 0 Å². The Morgan fingerprint density at radius 1 is 1.30 bits per heavy atom. The molecule has 2 atom stereocenters. The van der Waals surface area contributed by atoms with Gasteiger partial charge in [0.15, 0.2) is 17.3 Å². The molecule has 0 radical (unpaired) electrons. The number of aromatic nitrogens is 3. The van der Waals surface area contributed by atoms with Gasteiger partial charge >= 0.3 is 0 Å². The molecule has 1 saturated heterocycles. The van der Waals surface area contributed by atoms with Gasteiger partial charge in [0.1, 0.15) is 11.5 Å². The van der Waals surface area contributed by atoms with E-state index in [4.69, 9.17) is 9.47 Å². The summed E-state index contributed by atoms with van der Waals surface area (Å²) in [6, 6.07) is 3.95. The van der Waals surface area contributed by atoms with Gasteiger partial charge in [0.25, 0.3) is 5.56 Å². The van der Waals surface area contributed by atoms with E-state index in [1.165, 1.54) is 23.9 Å². The summed E-state index contributed by atoms with van der Waals surface area (Å²) in [5.74, 6) is -1.82. The number of benzene rings is 1. The van der Waals surface area contributed by atoms with Crippen LogP contribution < -0.4 is 15.6 Å². The Bertz CT molecular complexity index is 1130. The van der Waals surface area contributed by atoms with Gasteiger partial charge < -0.3 is 19.9 Å². The van der Waals surface area contributed by atoms with Crippen LogP contribution in [0.25, 0.3) is 11.0 Å². The lowest BCUT2D eigenvalue weighted by molar-refractivity contribution is -0.0136. The highest BCUT2D eigenvalue weighted by Gasteiger charge is 2.24. The van der Waals surface area contributed by atoms with Crippen molar-refractivity contribution in [3.05, 3.63) is 52.5 Å². The quantitative estimate of drug-likeness (QED) is 0.642. The molecule has 30 heavy (non-hydrogen) atoms. The zero-order valence-electron chi connectivity index (χ0n) is 15.8. The molecular formula is C19H19ClF2N4O4. The summed E-state index contributed by atoms with van der Waals surface area (Å²) >= 11 is 0. The summed E-state index contributed by atoms with van der Waals surface area (Å²) in [6.07, 6.45) is 1.40. The maximum atomic E-state index is 13.9. The first-order chi connectivity index (χ1) is 13.9. The number of rotatable bonds is 4. The number of nitrogens with one attached hydrogen (secondary N) is 1. The second kappa shape index (κ2) is 8.90. The molecule has 0 saturated carbocycles. The molecule has 4 rings (SSSR count). The van der Waals surface area contributed by atoms with Crippen LogP contribution in [-0.2, 0) is 11.8 Å². The minimum absolute atomic E-state index is 0. The van der Waals surface area contributed by atoms with Crippen molar-refractivity contribution in [3.8, 4) is 11.5 Å².